The summed E-state index contributed by atoms with van der Waals surface area (Å²) in [5.74, 6) is 0.487. The number of sulfonamides is 1. The van der Waals surface area contributed by atoms with E-state index in [0.29, 0.717) is 24.6 Å². The molecule has 1 aromatic rings. The van der Waals surface area contributed by atoms with Gasteiger partial charge in [0.05, 0.1) is 5.02 Å². The molecule has 0 bridgehead atoms. The van der Waals surface area contributed by atoms with E-state index in [9.17, 15) is 8.42 Å². The lowest BCUT2D eigenvalue weighted by atomic mass is 10.2. The lowest BCUT2D eigenvalue weighted by molar-refractivity contribution is 0.395. The van der Waals surface area contributed by atoms with Crippen LogP contribution in [0, 0.1) is 5.92 Å². The maximum atomic E-state index is 12.8. The van der Waals surface area contributed by atoms with Crippen LogP contribution in [-0.4, -0.2) is 30.8 Å². The molecule has 116 valence electrons. The standard InChI is InChI=1S/C14H19ClN2O2S2/c1-2-7-17(9-10-3-4-10)21(18,19)13-6-5-11(14(16)20)8-12(13)15/h5-6,8,10H,2-4,7,9H2,1H3,(H2,16,20). The molecule has 2 rings (SSSR count). The summed E-state index contributed by atoms with van der Waals surface area (Å²) in [4.78, 5) is 0.322. The first-order valence-corrected chi connectivity index (χ1v) is 9.18. The van der Waals surface area contributed by atoms with Crippen molar-refractivity contribution in [2.24, 2.45) is 11.7 Å². The molecule has 0 radical (unpaired) electrons. The van der Waals surface area contributed by atoms with E-state index in [2.05, 4.69) is 0 Å². The molecule has 1 aliphatic carbocycles. The van der Waals surface area contributed by atoms with Gasteiger partial charge in [-0.25, -0.2) is 8.42 Å². The zero-order valence-corrected chi connectivity index (χ0v) is 14.3. The molecule has 0 spiro atoms. The first kappa shape index (κ1) is 16.7. The molecule has 1 aromatic carbocycles. The average Bonchev–Trinajstić information content (AvgIpc) is 3.21. The first-order valence-electron chi connectivity index (χ1n) is 6.95. The number of thiocarbonyl (C=S) groups is 1. The number of nitrogens with zero attached hydrogens (tertiary/aromatic N) is 1. The van der Waals surface area contributed by atoms with Gasteiger partial charge in [0.1, 0.15) is 9.88 Å². The maximum Gasteiger partial charge on any atom is 0.244 e. The Kier molecular flexibility index (Phi) is 5.24. The van der Waals surface area contributed by atoms with Crippen molar-refractivity contribution >= 4 is 38.8 Å². The Labute approximate surface area is 136 Å². The van der Waals surface area contributed by atoms with Crippen LogP contribution in [0.2, 0.25) is 5.02 Å². The zero-order chi connectivity index (χ0) is 15.6. The SMILES string of the molecule is CCCN(CC1CC1)S(=O)(=O)c1ccc(C(N)=S)cc1Cl. The Morgan fingerprint density at radius 2 is 2.14 bits per heavy atom. The lowest BCUT2D eigenvalue weighted by Gasteiger charge is -2.22. The second-order valence-corrected chi connectivity index (χ2v) is 8.07. The topological polar surface area (TPSA) is 63.4 Å². The molecule has 0 atom stereocenters. The van der Waals surface area contributed by atoms with E-state index in [1.54, 1.807) is 6.07 Å². The van der Waals surface area contributed by atoms with E-state index in [1.807, 2.05) is 6.92 Å². The fraction of sp³-hybridized carbons (Fsp3) is 0.500. The summed E-state index contributed by atoms with van der Waals surface area (Å²) in [6.07, 6.45) is 2.97. The van der Waals surface area contributed by atoms with Crippen LogP contribution in [0.25, 0.3) is 0 Å². The van der Waals surface area contributed by atoms with E-state index in [1.165, 1.54) is 16.4 Å². The van der Waals surface area contributed by atoms with Crippen LogP contribution in [-0.2, 0) is 10.0 Å². The zero-order valence-electron chi connectivity index (χ0n) is 11.9. The van der Waals surface area contributed by atoms with Crippen LogP contribution >= 0.6 is 23.8 Å². The highest BCUT2D eigenvalue weighted by Crippen LogP contribution is 2.33. The molecular formula is C14H19ClN2O2S2. The van der Waals surface area contributed by atoms with Crippen molar-refractivity contribution in [3.63, 3.8) is 0 Å². The monoisotopic (exact) mass is 346 g/mol. The van der Waals surface area contributed by atoms with Crippen molar-refractivity contribution in [3.8, 4) is 0 Å². The Hall–Kier alpha value is -0.690. The first-order chi connectivity index (χ1) is 9.86. The van der Waals surface area contributed by atoms with Gasteiger partial charge in [-0.15, -0.1) is 0 Å². The number of benzene rings is 1. The minimum Gasteiger partial charge on any atom is -0.389 e. The van der Waals surface area contributed by atoms with Gasteiger partial charge in [-0.1, -0.05) is 36.8 Å². The van der Waals surface area contributed by atoms with Crippen LogP contribution in [0.1, 0.15) is 31.7 Å². The van der Waals surface area contributed by atoms with Crippen LogP contribution in [0.4, 0.5) is 0 Å². The minimum atomic E-state index is -3.57. The predicted molar refractivity (Wildman–Crippen MR) is 89.1 cm³/mol. The summed E-state index contributed by atoms with van der Waals surface area (Å²) in [5, 5.41) is 0.164. The average molecular weight is 347 g/mol. The fourth-order valence-corrected chi connectivity index (χ4v) is 4.40. The number of hydrogen-bond donors (Lipinski definition) is 1. The van der Waals surface area contributed by atoms with E-state index in [0.717, 1.165) is 19.3 Å². The van der Waals surface area contributed by atoms with Gasteiger partial charge in [0.2, 0.25) is 10.0 Å². The third-order valence-electron chi connectivity index (χ3n) is 3.47. The molecule has 1 fully saturated rings. The second-order valence-electron chi connectivity index (χ2n) is 5.32. The summed E-state index contributed by atoms with van der Waals surface area (Å²) in [6.45, 7) is 3.04. The highest BCUT2D eigenvalue weighted by Gasteiger charge is 2.32. The van der Waals surface area contributed by atoms with Gasteiger partial charge in [-0.05, 0) is 37.3 Å². The molecule has 0 saturated heterocycles. The largest absolute Gasteiger partial charge is 0.389 e. The smallest absolute Gasteiger partial charge is 0.244 e. The van der Waals surface area contributed by atoms with Crippen LogP contribution < -0.4 is 5.73 Å². The molecule has 1 aliphatic rings. The fourth-order valence-electron chi connectivity index (χ4n) is 2.15. The minimum absolute atomic E-state index is 0.123. The quantitative estimate of drug-likeness (QED) is 0.771. The van der Waals surface area contributed by atoms with Crippen LogP contribution in [0.5, 0.6) is 0 Å². The molecule has 4 nitrogen and oxygen atoms in total. The van der Waals surface area contributed by atoms with Gasteiger partial charge in [-0.3, -0.25) is 0 Å². The van der Waals surface area contributed by atoms with Crippen LogP contribution in [0.3, 0.4) is 0 Å². The highest BCUT2D eigenvalue weighted by atomic mass is 35.5. The number of hydrogen-bond acceptors (Lipinski definition) is 3. The highest BCUT2D eigenvalue weighted by molar-refractivity contribution is 7.89. The third kappa shape index (κ3) is 3.94. The summed E-state index contributed by atoms with van der Waals surface area (Å²) in [7, 11) is -3.57. The lowest BCUT2D eigenvalue weighted by Crippen LogP contribution is -2.34. The second kappa shape index (κ2) is 6.60. The van der Waals surface area contributed by atoms with Crippen molar-refractivity contribution in [3.05, 3.63) is 28.8 Å². The van der Waals surface area contributed by atoms with Gasteiger partial charge in [0.25, 0.3) is 0 Å². The molecule has 2 N–H and O–H groups in total. The Morgan fingerprint density at radius 1 is 1.48 bits per heavy atom. The molecular weight excluding hydrogens is 328 g/mol. The molecule has 1 saturated carbocycles. The molecule has 0 unspecified atom stereocenters. The number of halogens is 1. The van der Waals surface area contributed by atoms with E-state index >= 15 is 0 Å². The summed E-state index contributed by atoms with van der Waals surface area (Å²) in [5.41, 5.74) is 6.10. The molecule has 0 heterocycles. The van der Waals surface area contributed by atoms with Gasteiger partial charge in [0, 0.05) is 18.7 Å². The van der Waals surface area contributed by atoms with Crippen LogP contribution in [0.15, 0.2) is 23.1 Å². The molecule has 7 heteroatoms. The predicted octanol–water partition coefficient (Wildman–Crippen LogP) is 2.78. The maximum absolute atomic E-state index is 12.8. The molecule has 0 aliphatic heterocycles. The van der Waals surface area contributed by atoms with Gasteiger partial charge >= 0.3 is 0 Å². The number of rotatable bonds is 7. The van der Waals surface area contributed by atoms with Gasteiger partial charge in [0.15, 0.2) is 0 Å². The number of nitrogens with two attached hydrogens (primary N) is 1. The Bertz CT molecular complexity index is 642. The van der Waals surface area contributed by atoms with Crippen molar-refractivity contribution < 1.29 is 8.42 Å². The summed E-state index contributed by atoms with van der Waals surface area (Å²) < 4.78 is 27.1. The van der Waals surface area contributed by atoms with Crippen molar-refractivity contribution in [2.75, 3.05) is 13.1 Å². The van der Waals surface area contributed by atoms with E-state index < -0.39 is 10.0 Å². The summed E-state index contributed by atoms with van der Waals surface area (Å²) >= 11 is 11.0. The Morgan fingerprint density at radius 3 is 2.62 bits per heavy atom. The van der Waals surface area contributed by atoms with Gasteiger partial charge < -0.3 is 5.73 Å². The normalized spacial score (nSPS) is 15.4. The summed E-state index contributed by atoms with van der Waals surface area (Å²) in [6, 6.07) is 4.60. The third-order valence-corrected chi connectivity index (χ3v) is 6.05. The van der Waals surface area contributed by atoms with E-state index in [-0.39, 0.29) is 14.9 Å². The Balaban J connectivity index is 2.34. The molecule has 21 heavy (non-hydrogen) atoms. The van der Waals surface area contributed by atoms with Gasteiger partial charge in [-0.2, -0.15) is 4.31 Å². The molecule has 0 aromatic heterocycles. The van der Waals surface area contributed by atoms with Crippen molar-refractivity contribution in [2.45, 2.75) is 31.1 Å². The van der Waals surface area contributed by atoms with Crippen molar-refractivity contribution in [1.82, 2.24) is 4.31 Å². The van der Waals surface area contributed by atoms with E-state index in [4.69, 9.17) is 29.6 Å². The molecule has 0 amide bonds. The van der Waals surface area contributed by atoms with Crippen molar-refractivity contribution in [1.29, 1.82) is 0 Å².